The molecule has 0 saturated carbocycles. The minimum atomic E-state index is -0.318. The first kappa shape index (κ1) is 18.2. The summed E-state index contributed by atoms with van der Waals surface area (Å²) in [6.07, 6.45) is 2.14. The van der Waals surface area contributed by atoms with E-state index in [0.29, 0.717) is 23.2 Å². The van der Waals surface area contributed by atoms with Gasteiger partial charge in [0, 0.05) is 30.9 Å². The Morgan fingerprint density at radius 1 is 1.12 bits per heavy atom. The lowest BCUT2D eigenvalue weighted by atomic mass is 9.99. The molecule has 1 unspecified atom stereocenters. The first-order chi connectivity index (χ1) is 11.5. The minimum Gasteiger partial charge on any atom is -0.493 e. The predicted molar refractivity (Wildman–Crippen MR) is 94.2 cm³/mol. The summed E-state index contributed by atoms with van der Waals surface area (Å²) in [6, 6.07) is 3.30. The SMILES string of the molecule is COc1cc(NC(C)C(=O)N2CCC(C)CC2)cc(OC)c1OC. The molecule has 1 heterocycles. The molecule has 0 radical (unpaired) electrons. The van der Waals surface area contributed by atoms with Crippen LogP contribution in [0.3, 0.4) is 0 Å². The second-order valence-electron chi connectivity index (χ2n) is 6.29. The van der Waals surface area contributed by atoms with Crippen LogP contribution in [0, 0.1) is 5.92 Å². The molecular weight excluding hydrogens is 308 g/mol. The molecule has 0 bridgehead atoms. The number of carbonyl (C=O) groups is 1. The van der Waals surface area contributed by atoms with Crippen LogP contribution in [0.4, 0.5) is 5.69 Å². The number of hydrogen-bond donors (Lipinski definition) is 1. The first-order valence-electron chi connectivity index (χ1n) is 8.35. The highest BCUT2D eigenvalue weighted by atomic mass is 16.5. The zero-order valence-corrected chi connectivity index (χ0v) is 15.2. The van der Waals surface area contributed by atoms with E-state index in [9.17, 15) is 4.79 Å². The molecule has 2 rings (SSSR count). The molecule has 1 aliphatic heterocycles. The standard InChI is InChI=1S/C18H28N2O4/c1-12-6-8-20(9-7-12)18(21)13(2)19-14-10-15(22-3)17(24-5)16(11-14)23-4/h10-13,19H,6-9H2,1-5H3. The average molecular weight is 336 g/mol. The molecule has 24 heavy (non-hydrogen) atoms. The molecule has 1 N–H and O–H groups in total. The van der Waals surface area contributed by atoms with Gasteiger partial charge in [0.2, 0.25) is 11.7 Å². The number of likely N-dealkylation sites (tertiary alicyclic amines) is 1. The summed E-state index contributed by atoms with van der Waals surface area (Å²) in [4.78, 5) is 14.6. The molecule has 1 fully saturated rings. The van der Waals surface area contributed by atoms with Gasteiger partial charge in [0.05, 0.1) is 21.3 Å². The Balaban J connectivity index is 2.10. The fourth-order valence-corrected chi connectivity index (χ4v) is 2.98. The van der Waals surface area contributed by atoms with Crippen molar-refractivity contribution >= 4 is 11.6 Å². The molecule has 1 aliphatic rings. The van der Waals surface area contributed by atoms with Crippen LogP contribution in [0.25, 0.3) is 0 Å². The number of methoxy groups -OCH3 is 3. The molecule has 0 spiro atoms. The molecule has 0 aliphatic carbocycles. The highest BCUT2D eigenvalue weighted by molar-refractivity contribution is 5.84. The average Bonchev–Trinajstić information content (AvgIpc) is 2.60. The van der Waals surface area contributed by atoms with Crippen LogP contribution in [0.2, 0.25) is 0 Å². The van der Waals surface area contributed by atoms with Crippen LogP contribution in [0.15, 0.2) is 12.1 Å². The van der Waals surface area contributed by atoms with Gasteiger partial charge in [0.15, 0.2) is 11.5 Å². The van der Waals surface area contributed by atoms with E-state index in [1.165, 1.54) is 0 Å². The van der Waals surface area contributed by atoms with Crippen LogP contribution < -0.4 is 19.5 Å². The third-order valence-corrected chi connectivity index (χ3v) is 4.51. The van der Waals surface area contributed by atoms with Crippen molar-refractivity contribution in [3.8, 4) is 17.2 Å². The van der Waals surface area contributed by atoms with Gasteiger partial charge in [-0.25, -0.2) is 0 Å². The lowest BCUT2D eigenvalue weighted by Gasteiger charge is -2.32. The van der Waals surface area contributed by atoms with Crippen molar-refractivity contribution in [2.24, 2.45) is 5.92 Å². The zero-order chi connectivity index (χ0) is 17.7. The van der Waals surface area contributed by atoms with Crippen molar-refractivity contribution in [3.63, 3.8) is 0 Å². The topological polar surface area (TPSA) is 60.0 Å². The van der Waals surface area contributed by atoms with E-state index >= 15 is 0 Å². The normalized spacial score (nSPS) is 16.5. The summed E-state index contributed by atoms with van der Waals surface area (Å²) in [5, 5.41) is 3.24. The van der Waals surface area contributed by atoms with Crippen LogP contribution in [0.1, 0.15) is 26.7 Å². The van der Waals surface area contributed by atoms with Gasteiger partial charge in [-0.15, -0.1) is 0 Å². The molecule has 1 aromatic rings. The maximum Gasteiger partial charge on any atom is 0.244 e. The molecule has 134 valence electrons. The van der Waals surface area contributed by atoms with Gasteiger partial charge in [0.1, 0.15) is 6.04 Å². The van der Waals surface area contributed by atoms with Crippen molar-refractivity contribution in [1.29, 1.82) is 0 Å². The summed E-state index contributed by atoms with van der Waals surface area (Å²) in [6.45, 7) is 5.78. The minimum absolute atomic E-state index is 0.121. The number of anilines is 1. The van der Waals surface area contributed by atoms with Crippen LogP contribution in [-0.4, -0.2) is 51.3 Å². The summed E-state index contributed by atoms with van der Waals surface area (Å²) < 4.78 is 16.0. The third kappa shape index (κ3) is 4.04. The second-order valence-corrected chi connectivity index (χ2v) is 6.29. The highest BCUT2D eigenvalue weighted by Gasteiger charge is 2.25. The number of amides is 1. The highest BCUT2D eigenvalue weighted by Crippen LogP contribution is 2.40. The zero-order valence-electron chi connectivity index (χ0n) is 15.2. The van der Waals surface area contributed by atoms with Crippen molar-refractivity contribution in [1.82, 2.24) is 4.90 Å². The van der Waals surface area contributed by atoms with E-state index in [0.717, 1.165) is 31.6 Å². The smallest absolute Gasteiger partial charge is 0.244 e. The maximum atomic E-state index is 12.6. The fraction of sp³-hybridized carbons (Fsp3) is 0.611. The van der Waals surface area contributed by atoms with Crippen LogP contribution >= 0.6 is 0 Å². The Bertz CT molecular complexity index is 543. The van der Waals surface area contributed by atoms with Gasteiger partial charge in [-0.05, 0) is 25.7 Å². The number of nitrogens with one attached hydrogen (secondary N) is 1. The van der Waals surface area contributed by atoms with Crippen molar-refractivity contribution < 1.29 is 19.0 Å². The number of carbonyl (C=O) groups excluding carboxylic acids is 1. The van der Waals surface area contributed by atoms with E-state index in [1.54, 1.807) is 21.3 Å². The van der Waals surface area contributed by atoms with E-state index in [2.05, 4.69) is 12.2 Å². The van der Waals surface area contributed by atoms with Gasteiger partial charge >= 0.3 is 0 Å². The summed E-state index contributed by atoms with van der Waals surface area (Å²) in [5.41, 5.74) is 0.760. The van der Waals surface area contributed by atoms with Gasteiger partial charge < -0.3 is 24.4 Å². The molecular formula is C18H28N2O4. The van der Waals surface area contributed by atoms with E-state index < -0.39 is 0 Å². The number of piperidine rings is 1. The van der Waals surface area contributed by atoms with Gasteiger partial charge in [0.25, 0.3) is 0 Å². The van der Waals surface area contributed by atoms with E-state index in [4.69, 9.17) is 14.2 Å². The Kier molecular flexibility index (Phi) is 6.17. The van der Waals surface area contributed by atoms with E-state index in [1.807, 2.05) is 24.0 Å². The largest absolute Gasteiger partial charge is 0.493 e. The first-order valence-corrected chi connectivity index (χ1v) is 8.35. The quantitative estimate of drug-likeness (QED) is 0.865. The monoisotopic (exact) mass is 336 g/mol. The third-order valence-electron chi connectivity index (χ3n) is 4.51. The Hall–Kier alpha value is -2.11. The van der Waals surface area contributed by atoms with Crippen LogP contribution in [-0.2, 0) is 4.79 Å². The number of hydrogen-bond acceptors (Lipinski definition) is 5. The Morgan fingerprint density at radius 3 is 2.12 bits per heavy atom. The fourth-order valence-electron chi connectivity index (χ4n) is 2.98. The van der Waals surface area contributed by atoms with Gasteiger partial charge in [-0.2, -0.15) is 0 Å². The van der Waals surface area contributed by atoms with E-state index in [-0.39, 0.29) is 11.9 Å². The lowest BCUT2D eigenvalue weighted by molar-refractivity contribution is -0.132. The molecule has 1 atom stereocenters. The van der Waals surface area contributed by atoms with Gasteiger partial charge in [-0.3, -0.25) is 4.79 Å². The molecule has 6 heteroatoms. The Labute approximate surface area is 144 Å². The van der Waals surface area contributed by atoms with Crippen molar-refractivity contribution in [2.45, 2.75) is 32.7 Å². The molecule has 0 aromatic heterocycles. The van der Waals surface area contributed by atoms with Crippen molar-refractivity contribution in [2.75, 3.05) is 39.7 Å². The summed E-state index contributed by atoms with van der Waals surface area (Å²) in [5.74, 6) is 2.48. The molecule has 1 aromatic carbocycles. The van der Waals surface area contributed by atoms with Gasteiger partial charge in [-0.1, -0.05) is 6.92 Å². The number of ether oxygens (including phenoxy) is 3. The van der Waals surface area contributed by atoms with Crippen LogP contribution in [0.5, 0.6) is 17.2 Å². The molecule has 1 saturated heterocycles. The molecule has 1 amide bonds. The Morgan fingerprint density at radius 2 is 1.67 bits per heavy atom. The lowest BCUT2D eigenvalue weighted by Crippen LogP contribution is -2.45. The molecule has 6 nitrogen and oxygen atoms in total. The summed E-state index contributed by atoms with van der Waals surface area (Å²) in [7, 11) is 4.71. The number of rotatable bonds is 6. The summed E-state index contributed by atoms with van der Waals surface area (Å²) >= 11 is 0. The second kappa shape index (κ2) is 8.13. The predicted octanol–water partition coefficient (Wildman–Crippen LogP) is 2.77. The number of nitrogens with zero attached hydrogens (tertiary/aromatic N) is 1. The maximum absolute atomic E-state index is 12.6. The number of benzene rings is 1. The van der Waals surface area contributed by atoms with Crippen molar-refractivity contribution in [3.05, 3.63) is 12.1 Å².